The van der Waals surface area contributed by atoms with E-state index in [1.807, 2.05) is 6.07 Å². The van der Waals surface area contributed by atoms with Crippen LogP contribution in [0.5, 0.6) is 5.75 Å². The van der Waals surface area contributed by atoms with Crippen molar-refractivity contribution in [1.82, 2.24) is 14.6 Å². The van der Waals surface area contributed by atoms with E-state index in [2.05, 4.69) is 10.3 Å². The minimum atomic E-state index is -3.62. The molecule has 2 aromatic carbocycles. The van der Waals surface area contributed by atoms with Crippen molar-refractivity contribution in [1.29, 1.82) is 0 Å². The Morgan fingerprint density at radius 1 is 1.10 bits per heavy atom. The molecule has 5 rings (SSSR count). The zero-order valence-electron chi connectivity index (χ0n) is 21.7. The number of ether oxygens (including phenoxy) is 2. The van der Waals surface area contributed by atoms with Gasteiger partial charge < -0.3 is 19.9 Å². The van der Waals surface area contributed by atoms with Gasteiger partial charge in [0.05, 0.1) is 27.5 Å². The first-order valence-corrected chi connectivity index (χ1v) is 16.2. The number of aliphatic hydroxyl groups is 1. The van der Waals surface area contributed by atoms with E-state index in [0.29, 0.717) is 38.3 Å². The number of rotatable bonds is 9. The van der Waals surface area contributed by atoms with Crippen molar-refractivity contribution in [2.24, 2.45) is 0 Å². The van der Waals surface area contributed by atoms with Gasteiger partial charge >= 0.3 is 0 Å². The summed E-state index contributed by atoms with van der Waals surface area (Å²) in [6.07, 6.45) is 3.94. The van der Waals surface area contributed by atoms with Crippen molar-refractivity contribution >= 4 is 30.8 Å². The van der Waals surface area contributed by atoms with Crippen LogP contribution in [0.1, 0.15) is 19.3 Å². The van der Waals surface area contributed by atoms with Crippen molar-refractivity contribution in [2.75, 3.05) is 39.1 Å². The Morgan fingerprint density at radius 3 is 2.67 bits per heavy atom. The van der Waals surface area contributed by atoms with Crippen LogP contribution in [-0.4, -0.2) is 88.1 Å². The zero-order chi connectivity index (χ0) is 27.7. The van der Waals surface area contributed by atoms with Crippen molar-refractivity contribution < 1.29 is 31.4 Å². The molecule has 0 aliphatic carbocycles. The average Bonchev–Trinajstić information content (AvgIpc) is 3.32. The predicted molar refractivity (Wildman–Crippen MR) is 146 cm³/mol. The number of pyridine rings is 1. The second kappa shape index (κ2) is 11.1. The number of fused-ring (bicyclic) bond motifs is 1. The fourth-order valence-electron chi connectivity index (χ4n) is 5.17. The number of hydrogen-bond donors (Lipinski definition) is 2. The second-order valence-electron chi connectivity index (χ2n) is 10.3. The summed E-state index contributed by atoms with van der Waals surface area (Å²) < 4.78 is 63.3. The molecule has 210 valence electrons. The minimum absolute atomic E-state index is 0.0105. The lowest BCUT2D eigenvalue weighted by molar-refractivity contribution is -0.0312. The Hall–Kier alpha value is -2.61. The number of sulfone groups is 1. The molecule has 10 nitrogen and oxygen atoms in total. The van der Waals surface area contributed by atoms with Crippen molar-refractivity contribution in [3.63, 3.8) is 0 Å². The maximum absolute atomic E-state index is 13.3. The number of sulfonamides is 1. The monoisotopic (exact) mass is 575 g/mol. The highest BCUT2D eigenvalue weighted by Gasteiger charge is 2.44. The normalized spacial score (nSPS) is 20.8. The smallest absolute Gasteiger partial charge is 0.243 e. The molecular formula is C27H33N3O7S2. The SMILES string of the molecule is CS(=O)(=O)c1cccc(OC[C@@H](O)CNC2COC3(CCN(S(=O)(=O)c4ccc5ncccc5c4)CC3)C2)c1. The summed E-state index contributed by atoms with van der Waals surface area (Å²) in [5, 5.41) is 14.5. The van der Waals surface area contributed by atoms with Crippen LogP contribution in [0.3, 0.4) is 0 Å². The van der Waals surface area contributed by atoms with Crippen molar-refractivity contribution in [2.45, 2.75) is 46.8 Å². The van der Waals surface area contributed by atoms with E-state index < -0.39 is 26.0 Å². The lowest BCUT2D eigenvalue weighted by Crippen LogP contribution is -2.47. The van der Waals surface area contributed by atoms with Gasteiger partial charge in [-0.05, 0) is 61.7 Å². The summed E-state index contributed by atoms with van der Waals surface area (Å²) in [4.78, 5) is 4.69. The van der Waals surface area contributed by atoms with Crippen molar-refractivity contribution in [3.05, 3.63) is 60.8 Å². The third-order valence-electron chi connectivity index (χ3n) is 7.37. The highest BCUT2D eigenvalue weighted by molar-refractivity contribution is 7.90. The van der Waals surface area contributed by atoms with Crippen LogP contribution >= 0.6 is 0 Å². The van der Waals surface area contributed by atoms with Crippen LogP contribution in [0.2, 0.25) is 0 Å². The highest BCUT2D eigenvalue weighted by Crippen LogP contribution is 2.37. The van der Waals surface area contributed by atoms with Crippen LogP contribution in [0.15, 0.2) is 70.6 Å². The topological polar surface area (TPSA) is 135 Å². The molecular weight excluding hydrogens is 542 g/mol. The quantitative estimate of drug-likeness (QED) is 0.393. The summed E-state index contributed by atoms with van der Waals surface area (Å²) in [7, 11) is -6.96. The Kier molecular flexibility index (Phi) is 7.96. The molecule has 12 heteroatoms. The number of nitrogens with one attached hydrogen (secondary N) is 1. The van der Waals surface area contributed by atoms with Crippen LogP contribution in [0, 0.1) is 0 Å². The lowest BCUT2D eigenvalue weighted by Gasteiger charge is -2.38. The van der Waals surface area contributed by atoms with Gasteiger partial charge in [-0.15, -0.1) is 0 Å². The Balaban J connectivity index is 1.10. The van der Waals surface area contributed by atoms with E-state index >= 15 is 0 Å². The molecule has 2 fully saturated rings. The first kappa shape index (κ1) is 27.9. The average molecular weight is 576 g/mol. The molecule has 3 heterocycles. The Labute approximate surface area is 228 Å². The van der Waals surface area contributed by atoms with Gasteiger partial charge in [-0.25, -0.2) is 16.8 Å². The maximum atomic E-state index is 13.3. The predicted octanol–water partition coefficient (Wildman–Crippen LogP) is 1.98. The molecule has 0 amide bonds. The van der Waals surface area contributed by atoms with Crippen LogP contribution in [0.25, 0.3) is 10.9 Å². The van der Waals surface area contributed by atoms with Gasteiger partial charge in [0.15, 0.2) is 9.84 Å². The van der Waals surface area contributed by atoms with E-state index in [9.17, 15) is 21.9 Å². The Morgan fingerprint density at radius 2 is 1.90 bits per heavy atom. The molecule has 2 atom stereocenters. The highest BCUT2D eigenvalue weighted by atomic mass is 32.2. The summed E-state index contributed by atoms with van der Waals surface area (Å²) in [6.45, 7) is 1.53. The van der Waals surface area contributed by atoms with Crippen LogP contribution < -0.4 is 10.1 Å². The molecule has 3 aromatic rings. The first-order valence-electron chi connectivity index (χ1n) is 12.9. The maximum Gasteiger partial charge on any atom is 0.243 e. The van der Waals surface area contributed by atoms with Gasteiger partial charge in [-0.2, -0.15) is 4.31 Å². The molecule has 1 spiro atoms. The molecule has 1 unspecified atom stereocenters. The summed E-state index contributed by atoms with van der Waals surface area (Å²) in [5.74, 6) is 0.377. The molecule has 1 aromatic heterocycles. The third kappa shape index (κ3) is 6.42. The number of hydrogen-bond acceptors (Lipinski definition) is 9. The van der Waals surface area contributed by atoms with E-state index in [-0.39, 0.29) is 34.6 Å². The van der Waals surface area contributed by atoms with E-state index in [1.165, 1.54) is 16.4 Å². The first-order chi connectivity index (χ1) is 18.5. The minimum Gasteiger partial charge on any atom is -0.491 e. The summed E-state index contributed by atoms with van der Waals surface area (Å²) >= 11 is 0. The summed E-state index contributed by atoms with van der Waals surface area (Å²) in [6, 6.07) is 14.9. The fraction of sp³-hybridized carbons (Fsp3) is 0.444. The van der Waals surface area contributed by atoms with Crippen LogP contribution in [0.4, 0.5) is 0 Å². The van der Waals surface area contributed by atoms with Gasteiger partial charge in [0, 0.05) is 43.5 Å². The fourth-order valence-corrected chi connectivity index (χ4v) is 7.30. The van der Waals surface area contributed by atoms with Gasteiger partial charge in [-0.1, -0.05) is 12.1 Å². The van der Waals surface area contributed by atoms with Crippen molar-refractivity contribution in [3.8, 4) is 5.75 Å². The van der Waals surface area contributed by atoms with Gasteiger partial charge in [0.2, 0.25) is 10.0 Å². The van der Waals surface area contributed by atoms with Crippen LogP contribution in [-0.2, 0) is 24.6 Å². The molecule has 2 aliphatic rings. The summed E-state index contributed by atoms with van der Waals surface area (Å²) in [5.41, 5.74) is 0.370. The van der Waals surface area contributed by atoms with Gasteiger partial charge in [0.1, 0.15) is 18.5 Å². The largest absolute Gasteiger partial charge is 0.491 e. The molecule has 39 heavy (non-hydrogen) atoms. The van der Waals surface area contributed by atoms with Gasteiger partial charge in [-0.3, -0.25) is 4.98 Å². The number of aromatic nitrogens is 1. The molecule has 0 radical (unpaired) electrons. The zero-order valence-corrected chi connectivity index (χ0v) is 23.3. The second-order valence-corrected chi connectivity index (χ2v) is 14.2. The molecule has 2 saturated heterocycles. The molecule has 2 N–H and O–H groups in total. The molecule has 2 aliphatic heterocycles. The lowest BCUT2D eigenvalue weighted by atomic mass is 9.88. The van der Waals surface area contributed by atoms with E-state index in [4.69, 9.17) is 9.47 Å². The standard InChI is InChI=1S/C27H33N3O7S2/c1-38(32,33)24-6-2-5-23(15-24)36-19-22(31)17-29-21-16-27(37-18-21)9-12-30(13-10-27)39(34,35)25-7-8-26-20(14-25)4-3-11-28-26/h2-8,11,14-15,21-22,29,31H,9-10,12-13,16-19H2,1H3/t21?,22-/m0/s1. The third-order valence-corrected chi connectivity index (χ3v) is 10.4. The molecule has 0 bridgehead atoms. The van der Waals surface area contributed by atoms with E-state index in [0.717, 1.165) is 23.6 Å². The number of piperidine rings is 1. The number of aliphatic hydroxyl groups excluding tert-OH is 1. The van der Waals surface area contributed by atoms with E-state index in [1.54, 1.807) is 42.6 Å². The number of nitrogens with zero attached hydrogens (tertiary/aromatic N) is 2. The molecule has 0 saturated carbocycles. The van der Waals surface area contributed by atoms with Gasteiger partial charge in [0.25, 0.3) is 0 Å². The number of benzene rings is 2. The Bertz CT molecular complexity index is 1540.